The Morgan fingerprint density at radius 1 is 1.09 bits per heavy atom. The van der Waals surface area contributed by atoms with Crippen LogP contribution in [0.3, 0.4) is 0 Å². The van der Waals surface area contributed by atoms with Crippen LogP contribution in [0.25, 0.3) is 0 Å². The summed E-state index contributed by atoms with van der Waals surface area (Å²) in [4.78, 5) is 11.9. The standard InChI is InChI=1S/C14H6Cl2F4O2/c15-10-2-1-3-11(12(10)16)22-13(21)8-6-7(17)4-5-9(8)14(18,19)20/h1-6H. The van der Waals surface area contributed by atoms with Crippen LogP contribution in [0.1, 0.15) is 15.9 Å². The minimum atomic E-state index is -4.83. The van der Waals surface area contributed by atoms with Crippen LogP contribution in [0.15, 0.2) is 36.4 Å². The van der Waals surface area contributed by atoms with Crippen LogP contribution in [0.4, 0.5) is 17.6 Å². The van der Waals surface area contributed by atoms with E-state index in [-0.39, 0.29) is 15.8 Å². The van der Waals surface area contributed by atoms with Gasteiger partial charge in [0.05, 0.1) is 16.1 Å². The van der Waals surface area contributed by atoms with Crippen LogP contribution in [0.2, 0.25) is 10.0 Å². The van der Waals surface area contributed by atoms with Crippen molar-refractivity contribution in [2.24, 2.45) is 0 Å². The van der Waals surface area contributed by atoms with Gasteiger partial charge in [0.2, 0.25) is 0 Å². The number of carbonyl (C=O) groups excluding carboxylic acids is 1. The van der Waals surface area contributed by atoms with Crippen molar-refractivity contribution in [3.05, 3.63) is 63.4 Å². The van der Waals surface area contributed by atoms with Gasteiger partial charge in [-0.05, 0) is 30.3 Å². The first kappa shape index (κ1) is 16.6. The van der Waals surface area contributed by atoms with Gasteiger partial charge >= 0.3 is 12.1 Å². The third kappa shape index (κ3) is 3.51. The second kappa shape index (κ2) is 6.14. The van der Waals surface area contributed by atoms with Gasteiger partial charge in [-0.2, -0.15) is 13.2 Å². The van der Waals surface area contributed by atoms with E-state index >= 15 is 0 Å². The average molecular weight is 353 g/mol. The number of ether oxygens (including phenoxy) is 1. The number of carbonyl (C=O) groups is 1. The predicted octanol–water partition coefficient (Wildman–Crippen LogP) is 5.37. The number of hydrogen-bond acceptors (Lipinski definition) is 2. The number of halogens is 6. The zero-order chi connectivity index (χ0) is 16.5. The highest BCUT2D eigenvalue weighted by atomic mass is 35.5. The van der Waals surface area contributed by atoms with Crippen molar-refractivity contribution >= 4 is 29.2 Å². The minimum absolute atomic E-state index is 0.0576. The van der Waals surface area contributed by atoms with Crippen LogP contribution in [0, 0.1) is 5.82 Å². The van der Waals surface area contributed by atoms with Gasteiger partial charge in [-0.15, -0.1) is 0 Å². The SMILES string of the molecule is O=C(Oc1cccc(Cl)c1Cl)c1cc(F)ccc1C(F)(F)F. The van der Waals surface area contributed by atoms with E-state index in [0.717, 1.165) is 0 Å². The van der Waals surface area contributed by atoms with Gasteiger partial charge in [0.1, 0.15) is 10.8 Å². The summed E-state index contributed by atoms with van der Waals surface area (Å²) < 4.78 is 56.5. The molecule has 116 valence electrons. The average Bonchev–Trinajstić information content (AvgIpc) is 2.42. The Morgan fingerprint density at radius 3 is 2.41 bits per heavy atom. The highest BCUT2D eigenvalue weighted by Crippen LogP contribution is 2.35. The number of rotatable bonds is 2. The van der Waals surface area contributed by atoms with E-state index < -0.39 is 29.1 Å². The van der Waals surface area contributed by atoms with Crippen molar-refractivity contribution in [3.63, 3.8) is 0 Å². The number of hydrogen-bond donors (Lipinski definition) is 0. The Balaban J connectivity index is 2.42. The Labute approximate surface area is 132 Å². The third-order valence-electron chi connectivity index (χ3n) is 2.63. The molecule has 22 heavy (non-hydrogen) atoms. The molecule has 2 nitrogen and oxygen atoms in total. The molecular formula is C14H6Cl2F4O2. The molecule has 0 aromatic heterocycles. The molecule has 0 bridgehead atoms. The molecular weight excluding hydrogens is 347 g/mol. The molecule has 2 aromatic carbocycles. The second-order valence-corrected chi connectivity index (χ2v) is 4.91. The van der Waals surface area contributed by atoms with E-state index in [2.05, 4.69) is 0 Å². The van der Waals surface area contributed by atoms with Crippen molar-refractivity contribution in [2.45, 2.75) is 6.18 Å². The first-order valence-electron chi connectivity index (χ1n) is 5.73. The molecule has 2 aromatic rings. The summed E-state index contributed by atoms with van der Waals surface area (Å²) in [6, 6.07) is 5.57. The van der Waals surface area contributed by atoms with Gasteiger partial charge in [-0.25, -0.2) is 9.18 Å². The maximum Gasteiger partial charge on any atom is 0.417 e. The number of alkyl halides is 3. The second-order valence-electron chi connectivity index (χ2n) is 4.13. The summed E-state index contributed by atoms with van der Waals surface area (Å²) in [6.45, 7) is 0. The highest BCUT2D eigenvalue weighted by Gasteiger charge is 2.36. The fraction of sp³-hybridized carbons (Fsp3) is 0.0714. The summed E-state index contributed by atoms with van der Waals surface area (Å²) in [6.07, 6.45) is -4.83. The summed E-state index contributed by atoms with van der Waals surface area (Å²) in [5, 5.41) is -0.0790. The summed E-state index contributed by atoms with van der Waals surface area (Å²) >= 11 is 11.5. The van der Waals surface area contributed by atoms with Crippen LogP contribution in [-0.2, 0) is 6.18 Å². The molecule has 0 N–H and O–H groups in total. The fourth-order valence-electron chi connectivity index (χ4n) is 1.65. The van der Waals surface area contributed by atoms with E-state index in [1.807, 2.05) is 0 Å². The smallest absolute Gasteiger partial charge is 0.417 e. The molecule has 0 aliphatic carbocycles. The van der Waals surface area contributed by atoms with Gasteiger partial charge in [0.15, 0.2) is 5.75 Å². The van der Waals surface area contributed by atoms with E-state index in [1.54, 1.807) is 0 Å². The van der Waals surface area contributed by atoms with Gasteiger partial charge in [0, 0.05) is 0 Å². The normalized spacial score (nSPS) is 11.4. The van der Waals surface area contributed by atoms with E-state index in [0.29, 0.717) is 18.2 Å². The minimum Gasteiger partial charge on any atom is -0.421 e. The lowest BCUT2D eigenvalue weighted by Gasteiger charge is -2.13. The molecule has 0 heterocycles. The van der Waals surface area contributed by atoms with Crippen molar-refractivity contribution in [1.82, 2.24) is 0 Å². The maximum absolute atomic E-state index is 13.2. The highest BCUT2D eigenvalue weighted by molar-refractivity contribution is 6.43. The Bertz CT molecular complexity index is 729. The van der Waals surface area contributed by atoms with Crippen LogP contribution in [-0.4, -0.2) is 5.97 Å². The van der Waals surface area contributed by atoms with Gasteiger partial charge in [-0.3, -0.25) is 0 Å². The molecule has 0 radical (unpaired) electrons. The van der Waals surface area contributed by atoms with E-state index in [1.165, 1.54) is 18.2 Å². The van der Waals surface area contributed by atoms with Crippen molar-refractivity contribution in [1.29, 1.82) is 0 Å². The third-order valence-corrected chi connectivity index (χ3v) is 3.43. The molecule has 0 unspecified atom stereocenters. The quantitative estimate of drug-likeness (QED) is 0.412. The molecule has 0 spiro atoms. The molecule has 0 amide bonds. The molecule has 2 rings (SSSR count). The van der Waals surface area contributed by atoms with Gasteiger partial charge in [0.25, 0.3) is 0 Å². The monoisotopic (exact) mass is 352 g/mol. The first-order chi connectivity index (χ1) is 10.2. The molecule has 0 saturated heterocycles. The zero-order valence-electron chi connectivity index (χ0n) is 10.5. The van der Waals surface area contributed by atoms with Crippen molar-refractivity contribution in [2.75, 3.05) is 0 Å². The predicted molar refractivity (Wildman–Crippen MR) is 72.8 cm³/mol. The molecule has 0 saturated carbocycles. The molecule has 0 aliphatic heterocycles. The van der Waals surface area contributed by atoms with Crippen molar-refractivity contribution in [3.8, 4) is 5.75 Å². The number of esters is 1. The van der Waals surface area contributed by atoms with Crippen LogP contribution < -0.4 is 4.74 Å². The topological polar surface area (TPSA) is 26.3 Å². The lowest BCUT2D eigenvalue weighted by atomic mass is 10.1. The van der Waals surface area contributed by atoms with Gasteiger partial charge in [-0.1, -0.05) is 29.3 Å². The molecule has 0 atom stereocenters. The van der Waals surface area contributed by atoms with E-state index in [9.17, 15) is 22.4 Å². The molecule has 0 aliphatic rings. The fourth-order valence-corrected chi connectivity index (χ4v) is 1.98. The number of benzene rings is 2. The zero-order valence-corrected chi connectivity index (χ0v) is 12.1. The Kier molecular flexibility index (Phi) is 4.63. The largest absolute Gasteiger partial charge is 0.421 e. The van der Waals surface area contributed by atoms with E-state index in [4.69, 9.17) is 27.9 Å². The van der Waals surface area contributed by atoms with Crippen molar-refractivity contribution < 1.29 is 27.1 Å². The van der Waals surface area contributed by atoms with Gasteiger partial charge < -0.3 is 4.74 Å². The summed E-state index contributed by atoms with van der Waals surface area (Å²) in [5.74, 6) is -2.62. The first-order valence-corrected chi connectivity index (χ1v) is 6.48. The molecule has 8 heteroatoms. The maximum atomic E-state index is 13.2. The Morgan fingerprint density at radius 2 is 1.77 bits per heavy atom. The summed E-state index contributed by atoms with van der Waals surface area (Å²) in [5.41, 5.74) is -2.26. The lowest BCUT2D eigenvalue weighted by molar-refractivity contribution is -0.138. The lowest BCUT2D eigenvalue weighted by Crippen LogP contribution is -2.17. The van der Waals surface area contributed by atoms with Crippen LogP contribution in [0.5, 0.6) is 5.75 Å². The molecule has 0 fully saturated rings. The van der Waals surface area contributed by atoms with Crippen LogP contribution >= 0.6 is 23.2 Å². The Hall–Kier alpha value is -1.79. The summed E-state index contributed by atoms with van der Waals surface area (Å²) in [7, 11) is 0.